The molecule has 0 radical (unpaired) electrons. The Hall–Kier alpha value is -2.84. The van der Waals surface area contributed by atoms with Crippen LogP contribution in [0.25, 0.3) is 0 Å². The number of carbonyl (C=O) groups excluding carboxylic acids is 3. The Labute approximate surface area is 185 Å². The molecule has 31 heavy (non-hydrogen) atoms. The fourth-order valence-electron chi connectivity index (χ4n) is 3.77. The van der Waals surface area contributed by atoms with Crippen LogP contribution in [0.15, 0.2) is 41.2 Å². The molecule has 1 aromatic rings. The number of benzene rings is 1. The lowest BCUT2D eigenvalue weighted by Crippen LogP contribution is -2.39. The van der Waals surface area contributed by atoms with Crippen LogP contribution in [0.2, 0.25) is 5.02 Å². The van der Waals surface area contributed by atoms with E-state index in [-0.39, 0.29) is 35.8 Å². The first-order chi connectivity index (χ1) is 14.6. The zero-order valence-corrected chi connectivity index (χ0v) is 18.7. The van der Waals surface area contributed by atoms with E-state index in [2.05, 4.69) is 5.32 Å². The Morgan fingerprint density at radius 2 is 1.87 bits per heavy atom. The van der Waals surface area contributed by atoms with E-state index >= 15 is 0 Å². The zero-order valence-electron chi connectivity index (χ0n) is 17.9. The number of allylic oxidation sites excluding steroid dienone is 2. The number of hydrogen-bond donors (Lipinski definition) is 1. The van der Waals surface area contributed by atoms with E-state index < -0.39 is 11.9 Å². The first-order valence-corrected chi connectivity index (χ1v) is 10.1. The van der Waals surface area contributed by atoms with E-state index in [0.717, 1.165) is 5.70 Å². The van der Waals surface area contributed by atoms with Gasteiger partial charge in [-0.1, -0.05) is 25.4 Å². The smallest absolute Gasteiger partial charge is 0.355 e. The number of carbonyl (C=O) groups is 3. The van der Waals surface area contributed by atoms with Gasteiger partial charge in [0.15, 0.2) is 5.78 Å². The summed E-state index contributed by atoms with van der Waals surface area (Å²) in [6.07, 6.45) is 2.74. The van der Waals surface area contributed by atoms with E-state index in [1.54, 1.807) is 24.3 Å². The summed E-state index contributed by atoms with van der Waals surface area (Å²) in [5.41, 5.74) is 1.71. The second kappa shape index (κ2) is 9.11. The molecule has 0 unspecified atom stereocenters. The minimum absolute atomic E-state index is 0.0105. The molecule has 1 aromatic carbocycles. The maximum atomic E-state index is 12.6. The summed E-state index contributed by atoms with van der Waals surface area (Å²) in [5, 5.41) is 3.71. The van der Waals surface area contributed by atoms with Gasteiger partial charge < -0.3 is 24.4 Å². The molecule has 8 nitrogen and oxygen atoms in total. The summed E-state index contributed by atoms with van der Waals surface area (Å²) in [5.74, 6) is -1.36. The van der Waals surface area contributed by atoms with Crippen LogP contribution >= 0.6 is 11.6 Å². The number of hydrogen-bond acceptors (Lipinski definition) is 8. The first kappa shape index (κ1) is 22.8. The number of ketones is 1. The lowest BCUT2D eigenvalue weighted by Gasteiger charge is -2.34. The van der Waals surface area contributed by atoms with Crippen LogP contribution in [0.3, 0.4) is 0 Å². The summed E-state index contributed by atoms with van der Waals surface area (Å²) >= 11 is 6.25. The fourth-order valence-corrected chi connectivity index (χ4v) is 3.93. The van der Waals surface area contributed by atoms with Gasteiger partial charge in [0.2, 0.25) is 0 Å². The van der Waals surface area contributed by atoms with Crippen LogP contribution in [0.1, 0.15) is 26.7 Å². The molecule has 9 heteroatoms. The van der Waals surface area contributed by atoms with Crippen molar-refractivity contribution in [1.82, 2.24) is 0 Å². The number of esters is 2. The maximum absolute atomic E-state index is 12.6. The van der Waals surface area contributed by atoms with E-state index in [9.17, 15) is 14.4 Å². The Morgan fingerprint density at radius 1 is 1.16 bits per heavy atom. The molecular formula is C22H25ClN2O6. The molecule has 0 spiro atoms. The van der Waals surface area contributed by atoms with Crippen molar-refractivity contribution < 1.29 is 28.6 Å². The Morgan fingerprint density at radius 3 is 2.52 bits per heavy atom. The summed E-state index contributed by atoms with van der Waals surface area (Å²) in [6.45, 7) is 3.96. The molecule has 0 amide bonds. The molecule has 1 aliphatic carbocycles. The molecule has 2 aliphatic rings. The van der Waals surface area contributed by atoms with Gasteiger partial charge in [0.25, 0.3) is 0 Å². The molecule has 166 valence electrons. The summed E-state index contributed by atoms with van der Waals surface area (Å²) < 4.78 is 15.3. The molecule has 1 aliphatic heterocycles. The minimum atomic E-state index is -0.706. The van der Waals surface area contributed by atoms with Gasteiger partial charge in [-0.2, -0.15) is 0 Å². The predicted octanol–water partition coefficient (Wildman–Crippen LogP) is 3.42. The number of rotatable bonds is 5. The molecule has 0 atom stereocenters. The predicted molar refractivity (Wildman–Crippen MR) is 116 cm³/mol. The molecule has 0 fully saturated rings. The van der Waals surface area contributed by atoms with E-state index in [1.807, 2.05) is 13.8 Å². The van der Waals surface area contributed by atoms with Crippen molar-refractivity contribution in [3.8, 4) is 0 Å². The molecular weight excluding hydrogens is 424 g/mol. The molecule has 0 saturated heterocycles. The van der Waals surface area contributed by atoms with Crippen molar-refractivity contribution in [2.75, 3.05) is 37.8 Å². The highest BCUT2D eigenvalue weighted by molar-refractivity contribution is 6.31. The van der Waals surface area contributed by atoms with Crippen LogP contribution < -0.4 is 10.2 Å². The monoisotopic (exact) mass is 448 g/mol. The number of nitrogens with zero attached hydrogens (tertiary/aromatic N) is 1. The molecule has 1 N–H and O–H groups in total. The average Bonchev–Trinajstić information content (AvgIpc) is 2.71. The van der Waals surface area contributed by atoms with Crippen molar-refractivity contribution in [3.63, 3.8) is 0 Å². The average molecular weight is 449 g/mol. The van der Waals surface area contributed by atoms with Crippen molar-refractivity contribution >= 4 is 40.7 Å². The van der Waals surface area contributed by atoms with Crippen LogP contribution in [0.5, 0.6) is 0 Å². The van der Waals surface area contributed by atoms with Crippen molar-refractivity contribution in [3.05, 3.63) is 46.3 Å². The fraction of sp³-hybridized carbons (Fsp3) is 0.409. The largest absolute Gasteiger partial charge is 0.466 e. The first-order valence-electron chi connectivity index (χ1n) is 9.70. The third-order valence-electron chi connectivity index (χ3n) is 5.04. The quantitative estimate of drug-likeness (QED) is 0.685. The Kier molecular flexibility index (Phi) is 6.71. The summed E-state index contributed by atoms with van der Waals surface area (Å²) in [7, 11) is 2.46. The van der Waals surface area contributed by atoms with Gasteiger partial charge in [0, 0.05) is 23.2 Å². The van der Waals surface area contributed by atoms with Crippen LogP contribution in [-0.4, -0.2) is 45.3 Å². The second-order valence-electron chi connectivity index (χ2n) is 8.16. The standard InChI is InChI=1S/C22H25ClN2O6/c1-22(2)9-14(8-15(26)10-22)24-17-6-5-13(23)7-18(17)25-12-31-11-16(20(27)29-3)19(25)21(28)30-4/h5-8,24H,9-12H2,1-4H3. The zero-order chi connectivity index (χ0) is 22.8. The van der Waals surface area contributed by atoms with E-state index in [4.69, 9.17) is 25.8 Å². The van der Waals surface area contributed by atoms with Gasteiger partial charge in [-0.15, -0.1) is 0 Å². The van der Waals surface area contributed by atoms with Crippen LogP contribution in [0, 0.1) is 5.41 Å². The molecule has 0 saturated carbocycles. The van der Waals surface area contributed by atoms with Gasteiger partial charge in [-0.3, -0.25) is 4.79 Å². The third-order valence-corrected chi connectivity index (χ3v) is 5.27. The van der Waals surface area contributed by atoms with Gasteiger partial charge in [-0.25, -0.2) is 9.59 Å². The second-order valence-corrected chi connectivity index (χ2v) is 8.59. The van der Waals surface area contributed by atoms with Crippen LogP contribution in [0.4, 0.5) is 11.4 Å². The highest BCUT2D eigenvalue weighted by Gasteiger charge is 2.34. The number of methoxy groups -OCH3 is 2. The SMILES string of the molecule is COC(=O)C1=C(C(=O)OC)N(c2cc(Cl)ccc2NC2=CC(=O)CC(C)(C)C2)COC1. The lowest BCUT2D eigenvalue weighted by molar-refractivity contribution is -0.140. The van der Waals surface area contributed by atoms with E-state index in [0.29, 0.717) is 29.2 Å². The molecule has 1 heterocycles. The Balaban J connectivity index is 2.07. The van der Waals surface area contributed by atoms with Gasteiger partial charge in [0.1, 0.15) is 12.4 Å². The highest BCUT2D eigenvalue weighted by atomic mass is 35.5. The molecule has 0 bridgehead atoms. The summed E-state index contributed by atoms with van der Waals surface area (Å²) in [4.78, 5) is 38.5. The maximum Gasteiger partial charge on any atom is 0.355 e. The van der Waals surface area contributed by atoms with Gasteiger partial charge in [-0.05, 0) is 30.0 Å². The van der Waals surface area contributed by atoms with Crippen molar-refractivity contribution in [2.24, 2.45) is 5.41 Å². The number of anilines is 2. The van der Waals surface area contributed by atoms with E-state index in [1.165, 1.54) is 19.1 Å². The molecule has 0 aromatic heterocycles. The lowest BCUT2D eigenvalue weighted by atomic mass is 9.79. The van der Waals surface area contributed by atoms with Gasteiger partial charge >= 0.3 is 11.9 Å². The third kappa shape index (κ3) is 5.08. The van der Waals surface area contributed by atoms with Gasteiger partial charge in [0.05, 0.1) is 37.8 Å². The molecule has 3 rings (SSSR count). The van der Waals surface area contributed by atoms with Crippen LogP contribution in [-0.2, 0) is 28.6 Å². The number of halogens is 1. The number of nitrogens with one attached hydrogen (secondary N) is 1. The Bertz CT molecular complexity index is 982. The minimum Gasteiger partial charge on any atom is -0.466 e. The van der Waals surface area contributed by atoms with Crippen molar-refractivity contribution in [2.45, 2.75) is 26.7 Å². The topological polar surface area (TPSA) is 94.2 Å². The van der Waals surface area contributed by atoms with Crippen molar-refractivity contribution in [1.29, 1.82) is 0 Å². The number of ether oxygens (including phenoxy) is 3. The highest BCUT2D eigenvalue weighted by Crippen LogP contribution is 2.38. The summed E-state index contributed by atoms with van der Waals surface area (Å²) in [6, 6.07) is 5.08. The normalized spacial score (nSPS) is 18.4.